The second kappa shape index (κ2) is 12.1. The molecule has 0 spiro atoms. The number of allylic oxidation sites excluding steroid dienone is 1. The van der Waals surface area contributed by atoms with Crippen LogP contribution in [0, 0.1) is 0 Å². The third-order valence-electron chi connectivity index (χ3n) is 6.27. The molecule has 3 heterocycles. The Morgan fingerprint density at radius 3 is 2.71 bits per heavy atom. The van der Waals surface area contributed by atoms with Crippen LogP contribution in [0.1, 0.15) is 40.6 Å². The summed E-state index contributed by atoms with van der Waals surface area (Å²) < 4.78 is 7.32. The lowest BCUT2D eigenvalue weighted by Gasteiger charge is -2.13. The summed E-state index contributed by atoms with van der Waals surface area (Å²) in [5, 5.41) is 17.0. The summed E-state index contributed by atoms with van der Waals surface area (Å²) in [6, 6.07) is 9.61. The summed E-state index contributed by atoms with van der Waals surface area (Å²) in [7, 11) is 0. The van der Waals surface area contributed by atoms with Gasteiger partial charge in [0.2, 0.25) is 5.91 Å². The molecule has 0 atom stereocenters. The average molecular weight is 565 g/mol. The molecule has 38 heavy (non-hydrogen) atoms. The van der Waals surface area contributed by atoms with Crippen molar-refractivity contribution in [2.45, 2.75) is 44.3 Å². The number of anilines is 1. The Morgan fingerprint density at radius 2 is 1.92 bits per heavy atom. The monoisotopic (exact) mass is 564 g/mol. The van der Waals surface area contributed by atoms with Crippen molar-refractivity contribution in [1.82, 2.24) is 14.8 Å². The van der Waals surface area contributed by atoms with E-state index in [0.29, 0.717) is 22.3 Å². The first-order valence-electron chi connectivity index (χ1n) is 12.5. The Morgan fingerprint density at radius 1 is 1.13 bits per heavy atom. The minimum absolute atomic E-state index is 0.123. The van der Waals surface area contributed by atoms with Crippen molar-refractivity contribution in [3.63, 3.8) is 0 Å². The standard InChI is InChI=1S/C28H28N4O3S3/c1-3-14-32-25(21-16-36-22-13-9-8-12-19(21)22)30-31-28(32)38-17-23(33)29-26-24(27(34)35-4-2)20(15-37-26)18-10-6-5-7-11-18/h3,5-7,10-11,15-16H,1,4,8-9,12-14,17H2,2H3,(H,29,33). The van der Waals surface area contributed by atoms with Crippen molar-refractivity contribution in [3.8, 4) is 22.5 Å². The number of hydrogen-bond acceptors (Lipinski definition) is 8. The van der Waals surface area contributed by atoms with E-state index in [2.05, 4.69) is 27.5 Å². The van der Waals surface area contributed by atoms with Gasteiger partial charge in [0.1, 0.15) is 10.6 Å². The van der Waals surface area contributed by atoms with Crippen molar-refractivity contribution in [2.24, 2.45) is 0 Å². The fourth-order valence-corrected chi connectivity index (χ4v) is 7.39. The highest BCUT2D eigenvalue weighted by Crippen LogP contribution is 2.38. The molecule has 0 radical (unpaired) electrons. The number of ether oxygens (including phenoxy) is 1. The molecule has 0 aliphatic heterocycles. The van der Waals surface area contributed by atoms with Crippen molar-refractivity contribution in [1.29, 1.82) is 0 Å². The lowest BCUT2D eigenvalue weighted by molar-refractivity contribution is -0.113. The molecule has 196 valence electrons. The molecule has 1 N–H and O–H groups in total. The molecule has 4 aromatic rings. The first kappa shape index (κ1) is 26.4. The van der Waals surface area contributed by atoms with Crippen LogP contribution < -0.4 is 5.32 Å². The van der Waals surface area contributed by atoms with Crippen LogP contribution in [0.25, 0.3) is 22.5 Å². The van der Waals surface area contributed by atoms with Gasteiger partial charge in [-0.2, -0.15) is 0 Å². The number of benzene rings is 1. The van der Waals surface area contributed by atoms with Crippen molar-refractivity contribution in [2.75, 3.05) is 17.7 Å². The number of nitrogens with one attached hydrogen (secondary N) is 1. The number of amides is 1. The summed E-state index contributed by atoms with van der Waals surface area (Å²) in [6.07, 6.45) is 6.43. The SMILES string of the molecule is C=CCn1c(SCC(=O)Nc2scc(-c3ccccc3)c2C(=O)OCC)nnc1-c1csc2c1CCCC2. The second-order valence-electron chi connectivity index (χ2n) is 8.74. The molecule has 1 aromatic carbocycles. The van der Waals surface area contributed by atoms with E-state index in [1.165, 1.54) is 46.4 Å². The van der Waals surface area contributed by atoms with Gasteiger partial charge < -0.3 is 10.1 Å². The number of nitrogens with zero attached hydrogens (tertiary/aromatic N) is 3. The van der Waals surface area contributed by atoms with Crippen LogP contribution in [-0.2, 0) is 28.9 Å². The smallest absolute Gasteiger partial charge is 0.341 e. The van der Waals surface area contributed by atoms with Gasteiger partial charge >= 0.3 is 5.97 Å². The number of thiophene rings is 2. The van der Waals surface area contributed by atoms with Crippen LogP contribution in [0.15, 0.2) is 58.9 Å². The van der Waals surface area contributed by atoms with Crippen LogP contribution in [-0.4, -0.2) is 39.0 Å². The number of thioether (sulfide) groups is 1. The number of hydrogen-bond donors (Lipinski definition) is 1. The Kier molecular flexibility index (Phi) is 8.41. The third-order valence-corrected chi connectivity index (χ3v) is 9.22. The third kappa shape index (κ3) is 5.48. The number of carbonyl (C=O) groups excluding carboxylic acids is 2. The average Bonchev–Trinajstić information content (AvgIpc) is 3.65. The summed E-state index contributed by atoms with van der Waals surface area (Å²) in [5.74, 6) is 0.259. The van der Waals surface area contributed by atoms with Crippen LogP contribution in [0.4, 0.5) is 5.00 Å². The Balaban J connectivity index is 1.34. The van der Waals surface area contributed by atoms with Gasteiger partial charge in [-0.15, -0.1) is 39.4 Å². The Hall–Kier alpha value is -3.21. The van der Waals surface area contributed by atoms with E-state index in [1.54, 1.807) is 18.3 Å². The highest BCUT2D eigenvalue weighted by molar-refractivity contribution is 7.99. The molecule has 0 saturated carbocycles. The van der Waals surface area contributed by atoms with E-state index in [9.17, 15) is 9.59 Å². The lowest BCUT2D eigenvalue weighted by Crippen LogP contribution is -2.17. The highest BCUT2D eigenvalue weighted by atomic mass is 32.2. The van der Waals surface area contributed by atoms with Gasteiger partial charge in [-0.25, -0.2) is 4.79 Å². The molecule has 5 rings (SSSR count). The molecule has 0 unspecified atom stereocenters. The second-order valence-corrected chi connectivity index (χ2v) is 11.5. The maximum absolute atomic E-state index is 13.0. The molecule has 0 fully saturated rings. The van der Waals surface area contributed by atoms with Gasteiger partial charge in [-0.3, -0.25) is 9.36 Å². The Labute approximate surface area is 234 Å². The van der Waals surface area contributed by atoms with Gasteiger partial charge in [0.25, 0.3) is 0 Å². The number of carbonyl (C=O) groups is 2. The van der Waals surface area contributed by atoms with E-state index in [1.807, 2.05) is 46.4 Å². The highest BCUT2D eigenvalue weighted by Gasteiger charge is 2.24. The fraction of sp³-hybridized carbons (Fsp3) is 0.286. The maximum Gasteiger partial charge on any atom is 0.341 e. The fourth-order valence-electron chi connectivity index (χ4n) is 4.55. The topological polar surface area (TPSA) is 86.1 Å². The van der Waals surface area contributed by atoms with Crippen LogP contribution in [0.3, 0.4) is 0 Å². The van der Waals surface area contributed by atoms with Gasteiger partial charge in [0, 0.05) is 33.3 Å². The molecular formula is C28H28N4O3S3. The van der Waals surface area contributed by atoms with E-state index in [-0.39, 0.29) is 18.3 Å². The molecule has 7 nitrogen and oxygen atoms in total. The minimum atomic E-state index is -0.454. The number of esters is 1. The van der Waals surface area contributed by atoms with E-state index in [0.717, 1.165) is 35.4 Å². The first-order valence-corrected chi connectivity index (χ1v) is 15.3. The van der Waals surface area contributed by atoms with Crippen molar-refractivity contribution in [3.05, 3.63) is 69.8 Å². The number of rotatable bonds is 10. The molecule has 3 aromatic heterocycles. The quantitative estimate of drug-likeness (QED) is 0.131. The molecule has 1 aliphatic carbocycles. The number of fused-ring (bicyclic) bond motifs is 1. The molecule has 1 aliphatic rings. The maximum atomic E-state index is 13.0. The van der Waals surface area contributed by atoms with Crippen LogP contribution in [0.2, 0.25) is 0 Å². The van der Waals surface area contributed by atoms with E-state index >= 15 is 0 Å². The number of aryl methyl sites for hydroxylation is 1. The van der Waals surface area contributed by atoms with Crippen molar-refractivity contribution < 1.29 is 14.3 Å². The largest absolute Gasteiger partial charge is 0.462 e. The van der Waals surface area contributed by atoms with E-state index < -0.39 is 5.97 Å². The normalized spacial score (nSPS) is 12.7. The van der Waals surface area contributed by atoms with Gasteiger partial charge in [-0.1, -0.05) is 48.2 Å². The van der Waals surface area contributed by atoms with Crippen molar-refractivity contribution >= 4 is 51.3 Å². The Bertz CT molecular complexity index is 1460. The molecule has 1 amide bonds. The van der Waals surface area contributed by atoms with Gasteiger partial charge in [-0.05, 0) is 43.7 Å². The summed E-state index contributed by atoms with van der Waals surface area (Å²) in [6.45, 7) is 6.47. The van der Waals surface area contributed by atoms with Gasteiger partial charge in [0.15, 0.2) is 11.0 Å². The summed E-state index contributed by atoms with van der Waals surface area (Å²) in [4.78, 5) is 27.3. The zero-order valence-corrected chi connectivity index (χ0v) is 23.5. The number of aromatic nitrogens is 3. The predicted molar refractivity (Wildman–Crippen MR) is 155 cm³/mol. The van der Waals surface area contributed by atoms with Gasteiger partial charge in [0.05, 0.1) is 12.4 Å². The molecule has 0 saturated heterocycles. The molecular weight excluding hydrogens is 537 g/mol. The van der Waals surface area contributed by atoms with E-state index in [4.69, 9.17) is 4.74 Å². The van der Waals surface area contributed by atoms with Crippen LogP contribution in [0.5, 0.6) is 0 Å². The zero-order chi connectivity index (χ0) is 26.5. The summed E-state index contributed by atoms with van der Waals surface area (Å²) in [5.41, 5.74) is 4.53. The van der Waals surface area contributed by atoms with Crippen LogP contribution >= 0.6 is 34.4 Å². The first-order chi connectivity index (χ1) is 18.6. The predicted octanol–water partition coefficient (Wildman–Crippen LogP) is 6.71. The molecule has 10 heteroatoms. The lowest BCUT2D eigenvalue weighted by atomic mass is 9.95. The summed E-state index contributed by atoms with van der Waals surface area (Å²) >= 11 is 4.43. The minimum Gasteiger partial charge on any atom is -0.462 e. The molecule has 0 bridgehead atoms. The zero-order valence-electron chi connectivity index (χ0n) is 21.1.